The van der Waals surface area contributed by atoms with E-state index in [0.29, 0.717) is 6.54 Å². The number of halogens is 1. The molecule has 1 aromatic heterocycles. The van der Waals surface area contributed by atoms with Gasteiger partial charge in [-0.05, 0) is 18.0 Å². The number of nitrogens with one attached hydrogen (secondary N) is 1. The van der Waals surface area contributed by atoms with Gasteiger partial charge in [0, 0.05) is 31.4 Å². The van der Waals surface area contributed by atoms with E-state index in [-0.39, 0.29) is 11.2 Å². The van der Waals surface area contributed by atoms with Crippen LogP contribution in [0.5, 0.6) is 0 Å². The first-order valence-corrected chi connectivity index (χ1v) is 4.95. The van der Waals surface area contributed by atoms with E-state index in [9.17, 15) is 4.79 Å². The van der Waals surface area contributed by atoms with Gasteiger partial charge in [-0.1, -0.05) is 12.2 Å². The van der Waals surface area contributed by atoms with E-state index in [4.69, 9.17) is 11.6 Å². The highest BCUT2D eigenvalue weighted by Crippen LogP contribution is 2.02. The second kappa shape index (κ2) is 6.14. The van der Waals surface area contributed by atoms with E-state index in [1.165, 1.54) is 6.92 Å². The van der Waals surface area contributed by atoms with Gasteiger partial charge in [0.1, 0.15) is 0 Å². The maximum absolute atomic E-state index is 10.5. The number of hydrogen-bond donors (Lipinski definition) is 1. The number of aromatic nitrogens is 2. The smallest absolute Gasteiger partial charge is 0.222 e. The minimum Gasteiger partial charge on any atom is -0.356 e. The van der Waals surface area contributed by atoms with Gasteiger partial charge in [0.2, 0.25) is 11.2 Å². The fourth-order valence-corrected chi connectivity index (χ4v) is 1.06. The van der Waals surface area contributed by atoms with Gasteiger partial charge < -0.3 is 5.32 Å². The molecule has 0 unspecified atom stereocenters. The minimum absolute atomic E-state index is 0.0155. The largest absolute Gasteiger partial charge is 0.356 e. The molecule has 0 fully saturated rings. The molecular weight excluding hydrogens is 214 g/mol. The van der Waals surface area contributed by atoms with Crippen LogP contribution in [0, 0.1) is 0 Å². The van der Waals surface area contributed by atoms with E-state index in [2.05, 4.69) is 15.3 Å². The lowest BCUT2D eigenvalue weighted by molar-refractivity contribution is -0.118. The molecule has 0 bridgehead atoms. The normalized spacial score (nSPS) is 10.5. The number of carbonyl (C=O) groups is 1. The van der Waals surface area contributed by atoms with E-state index in [0.717, 1.165) is 12.0 Å². The number of hydrogen-bond acceptors (Lipinski definition) is 3. The first-order chi connectivity index (χ1) is 7.18. The summed E-state index contributed by atoms with van der Waals surface area (Å²) in [6, 6.07) is 0. The molecule has 0 aromatic carbocycles. The van der Waals surface area contributed by atoms with Gasteiger partial charge >= 0.3 is 0 Å². The van der Waals surface area contributed by atoms with Gasteiger partial charge in [0.15, 0.2) is 0 Å². The fourth-order valence-electron chi connectivity index (χ4n) is 0.959. The second-order valence-electron chi connectivity index (χ2n) is 2.96. The summed E-state index contributed by atoms with van der Waals surface area (Å²) in [6.45, 7) is 2.14. The van der Waals surface area contributed by atoms with Gasteiger partial charge in [-0.2, -0.15) is 0 Å². The summed E-state index contributed by atoms with van der Waals surface area (Å²) in [5.74, 6) is -0.0155. The minimum atomic E-state index is -0.0155. The molecule has 0 saturated carbocycles. The number of amides is 1. The lowest BCUT2D eigenvalue weighted by Crippen LogP contribution is -2.20. The molecule has 0 aliphatic rings. The fraction of sp³-hybridized carbons (Fsp3) is 0.300. The van der Waals surface area contributed by atoms with Crippen LogP contribution in [0.15, 0.2) is 18.5 Å². The summed E-state index contributed by atoms with van der Waals surface area (Å²) in [5, 5.41) is 2.94. The molecule has 0 aliphatic carbocycles. The summed E-state index contributed by atoms with van der Waals surface area (Å²) < 4.78 is 0. The van der Waals surface area contributed by atoms with Crippen LogP contribution in [0.1, 0.15) is 18.9 Å². The molecule has 1 amide bonds. The standard InChI is InChI=1S/C10H12ClN3O/c1-8(15)12-5-3-2-4-9-6-13-10(11)14-7-9/h2,4,6-7H,3,5H2,1H3,(H,12,15). The third kappa shape index (κ3) is 5.12. The summed E-state index contributed by atoms with van der Waals surface area (Å²) in [7, 11) is 0. The van der Waals surface area contributed by atoms with E-state index in [1.807, 2.05) is 12.2 Å². The average Bonchev–Trinajstić information content (AvgIpc) is 2.20. The Morgan fingerprint density at radius 1 is 1.53 bits per heavy atom. The van der Waals surface area contributed by atoms with Gasteiger partial charge in [-0.25, -0.2) is 9.97 Å². The van der Waals surface area contributed by atoms with Crippen molar-refractivity contribution in [2.75, 3.05) is 6.54 Å². The molecule has 1 rings (SSSR count). The highest BCUT2D eigenvalue weighted by Gasteiger charge is 1.90. The van der Waals surface area contributed by atoms with Crippen molar-refractivity contribution >= 4 is 23.6 Å². The summed E-state index contributed by atoms with van der Waals surface area (Å²) in [6.07, 6.45) is 7.90. The van der Waals surface area contributed by atoms with Crippen LogP contribution in [-0.4, -0.2) is 22.4 Å². The molecule has 15 heavy (non-hydrogen) atoms. The van der Waals surface area contributed by atoms with Crippen LogP contribution in [0.3, 0.4) is 0 Å². The quantitative estimate of drug-likeness (QED) is 0.627. The van der Waals surface area contributed by atoms with Crippen molar-refractivity contribution in [3.05, 3.63) is 29.3 Å². The zero-order chi connectivity index (χ0) is 11.1. The number of carbonyl (C=O) groups excluding carboxylic acids is 1. The predicted octanol–water partition coefficient (Wildman–Crippen LogP) is 1.67. The van der Waals surface area contributed by atoms with Crippen LogP contribution in [0.25, 0.3) is 6.08 Å². The molecule has 0 aliphatic heterocycles. The maximum Gasteiger partial charge on any atom is 0.222 e. The van der Waals surface area contributed by atoms with Gasteiger partial charge in [0.05, 0.1) is 0 Å². The third-order valence-corrected chi connectivity index (χ3v) is 1.83. The van der Waals surface area contributed by atoms with Crippen LogP contribution in [-0.2, 0) is 4.79 Å². The van der Waals surface area contributed by atoms with Crippen molar-refractivity contribution in [1.29, 1.82) is 0 Å². The summed E-state index contributed by atoms with van der Waals surface area (Å²) >= 11 is 5.54. The van der Waals surface area contributed by atoms with E-state index < -0.39 is 0 Å². The first-order valence-electron chi connectivity index (χ1n) is 4.57. The molecule has 80 valence electrons. The van der Waals surface area contributed by atoms with E-state index in [1.54, 1.807) is 12.4 Å². The number of nitrogens with zero attached hydrogens (tertiary/aromatic N) is 2. The highest BCUT2D eigenvalue weighted by atomic mass is 35.5. The third-order valence-electron chi connectivity index (χ3n) is 1.64. The SMILES string of the molecule is CC(=O)NCCC=Cc1cnc(Cl)nc1. The van der Waals surface area contributed by atoms with Crippen molar-refractivity contribution in [3.8, 4) is 0 Å². The van der Waals surface area contributed by atoms with Gasteiger partial charge in [0.25, 0.3) is 0 Å². The monoisotopic (exact) mass is 225 g/mol. The van der Waals surface area contributed by atoms with Crippen molar-refractivity contribution in [1.82, 2.24) is 15.3 Å². The van der Waals surface area contributed by atoms with Crippen LogP contribution < -0.4 is 5.32 Å². The molecule has 0 spiro atoms. The van der Waals surface area contributed by atoms with Gasteiger partial charge in [-0.15, -0.1) is 0 Å². The molecule has 5 heteroatoms. The molecule has 1 aromatic rings. The zero-order valence-corrected chi connectivity index (χ0v) is 9.16. The van der Waals surface area contributed by atoms with Crippen molar-refractivity contribution in [3.63, 3.8) is 0 Å². The van der Waals surface area contributed by atoms with Crippen LogP contribution >= 0.6 is 11.6 Å². The Morgan fingerprint density at radius 2 is 2.20 bits per heavy atom. The Hall–Kier alpha value is -1.42. The summed E-state index contributed by atoms with van der Waals surface area (Å²) in [4.78, 5) is 18.2. The highest BCUT2D eigenvalue weighted by molar-refractivity contribution is 6.28. The van der Waals surface area contributed by atoms with Crippen LogP contribution in [0.4, 0.5) is 0 Å². The molecule has 4 nitrogen and oxygen atoms in total. The lowest BCUT2D eigenvalue weighted by atomic mass is 10.3. The molecule has 0 radical (unpaired) electrons. The topological polar surface area (TPSA) is 54.9 Å². The Morgan fingerprint density at radius 3 is 2.80 bits per heavy atom. The van der Waals surface area contributed by atoms with Gasteiger partial charge in [-0.3, -0.25) is 4.79 Å². The summed E-state index contributed by atoms with van der Waals surface area (Å²) in [5.41, 5.74) is 0.891. The predicted molar refractivity (Wildman–Crippen MR) is 59.4 cm³/mol. The Balaban J connectivity index is 2.32. The van der Waals surface area contributed by atoms with Crippen molar-refractivity contribution in [2.24, 2.45) is 0 Å². The molecule has 1 N–H and O–H groups in total. The van der Waals surface area contributed by atoms with Crippen LogP contribution in [0.2, 0.25) is 5.28 Å². The zero-order valence-electron chi connectivity index (χ0n) is 8.40. The Bertz CT molecular complexity index is 348. The first kappa shape index (κ1) is 11.7. The molecular formula is C10H12ClN3O. The molecule has 0 saturated heterocycles. The Kier molecular flexibility index (Phi) is 4.77. The molecule has 0 atom stereocenters. The number of rotatable bonds is 4. The second-order valence-corrected chi connectivity index (χ2v) is 3.30. The molecule has 1 heterocycles. The van der Waals surface area contributed by atoms with E-state index >= 15 is 0 Å². The van der Waals surface area contributed by atoms with Crippen molar-refractivity contribution < 1.29 is 4.79 Å². The Labute approximate surface area is 93.4 Å². The maximum atomic E-state index is 10.5. The average molecular weight is 226 g/mol. The lowest BCUT2D eigenvalue weighted by Gasteiger charge is -1.96. The van der Waals surface area contributed by atoms with Crippen molar-refractivity contribution in [2.45, 2.75) is 13.3 Å².